The van der Waals surface area contributed by atoms with Crippen LogP contribution in [0.1, 0.15) is 16.7 Å². The summed E-state index contributed by atoms with van der Waals surface area (Å²) in [4.78, 5) is 4.26. The zero-order valence-electron chi connectivity index (χ0n) is 11.8. The smallest absolute Gasteiger partial charge is 0.158 e. The normalized spacial score (nSPS) is 11.0. The summed E-state index contributed by atoms with van der Waals surface area (Å²) in [5, 5.41) is 26.5. The number of benzene rings is 1. The molecule has 0 fully saturated rings. The van der Waals surface area contributed by atoms with Crippen LogP contribution in [0.5, 0.6) is 5.75 Å². The van der Waals surface area contributed by atoms with Gasteiger partial charge in [-0.2, -0.15) is 5.10 Å². The fourth-order valence-corrected chi connectivity index (χ4v) is 2.29. The van der Waals surface area contributed by atoms with E-state index < -0.39 is 0 Å². The standard InChI is InChI=1S/C15H16N4O2/c1-9-3-4-12(5-13(9)21)18-15-14-10(2)11(7-20)6-19(14)17-8-16-15/h3-6,8,20-21H,7H2,1-2H3,(H,16,17,18). The van der Waals surface area contributed by atoms with Gasteiger partial charge in [-0.05, 0) is 31.0 Å². The van der Waals surface area contributed by atoms with Crippen molar-refractivity contribution in [1.82, 2.24) is 14.6 Å². The van der Waals surface area contributed by atoms with E-state index in [2.05, 4.69) is 15.4 Å². The quantitative estimate of drug-likeness (QED) is 0.687. The first kappa shape index (κ1) is 13.4. The van der Waals surface area contributed by atoms with Gasteiger partial charge >= 0.3 is 0 Å². The lowest BCUT2D eigenvalue weighted by molar-refractivity contribution is 0.281. The second-order valence-corrected chi connectivity index (χ2v) is 4.97. The van der Waals surface area contributed by atoms with Gasteiger partial charge in [0.2, 0.25) is 0 Å². The van der Waals surface area contributed by atoms with Gasteiger partial charge in [0.1, 0.15) is 17.6 Å². The molecule has 21 heavy (non-hydrogen) atoms. The molecule has 0 saturated heterocycles. The molecular weight excluding hydrogens is 268 g/mol. The molecule has 6 heteroatoms. The summed E-state index contributed by atoms with van der Waals surface area (Å²) in [5.41, 5.74) is 4.10. The molecule has 2 aromatic heterocycles. The number of fused-ring (bicyclic) bond motifs is 1. The SMILES string of the molecule is Cc1ccc(Nc2ncnn3cc(CO)c(C)c23)cc1O. The van der Waals surface area contributed by atoms with E-state index in [9.17, 15) is 10.2 Å². The fraction of sp³-hybridized carbons (Fsp3) is 0.200. The minimum absolute atomic E-state index is 0.0417. The molecule has 108 valence electrons. The van der Waals surface area contributed by atoms with Crippen LogP contribution >= 0.6 is 0 Å². The molecule has 3 aromatic rings. The third-order valence-electron chi connectivity index (χ3n) is 3.57. The van der Waals surface area contributed by atoms with Crippen molar-refractivity contribution in [2.75, 3.05) is 5.32 Å². The number of phenolic OH excluding ortho intramolecular Hbond substituents is 1. The molecule has 0 unspecified atom stereocenters. The minimum Gasteiger partial charge on any atom is -0.508 e. The average molecular weight is 284 g/mol. The Hall–Kier alpha value is -2.60. The topological polar surface area (TPSA) is 82.7 Å². The number of phenols is 1. The maximum absolute atomic E-state index is 9.78. The number of hydrogen-bond donors (Lipinski definition) is 3. The Bertz CT molecular complexity index is 811. The summed E-state index contributed by atoms with van der Waals surface area (Å²) in [6.45, 7) is 3.72. The monoisotopic (exact) mass is 284 g/mol. The van der Waals surface area contributed by atoms with E-state index in [-0.39, 0.29) is 12.4 Å². The number of aromatic nitrogens is 3. The van der Waals surface area contributed by atoms with Crippen LogP contribution in [0.4, 0.5) is 11.5 Å². The number of nitrogens with one attached hydrogen (secondary N) is 1. The minimum atomic E-state index is -0.0417. The van der Waals surface area contributed by atoms with Crippen LogP contribution in [0, 0.1) is 13.8 Å². The molecule has 2 heterocycles. The first-order valence-electron chi connectivity index (χ1n) is 6.59. The fourth-order valence-electron chi connectivity index (χ4n) is 2.29. The Morgan fingerprint density at radius 1 is 1.29 bits per heavy atom. The molecule has 0 aliphatic rings. The predicted molar refractivity (Wildman–Crippen MR) is 79.8 cm³/mol. The van der Waals surface area contributed by atoms with Gasteiger partial charge in [-0.3, -0.25) is 0 Å². The molecule has 0 radical (unpaired) electrons. The molecule has 0 saturated carbocycles. The molecular formula is C15H16N4O2. The molecule has 0 bridgehead atoms. The van der Waals surface area contributed by atoms with Crippen molar-refractivity contribution in [3.8, 4) is 5.75 Å². The molecule has 6 nitrogen and oxygen atoms in total. The Morgan fingerprint density at radius 2 is 2.10 bits per heavy atom. The van der Waals surface area contributed by atoms with Gasteiger partial charge in [0, 0.05) is 23.5 Å². The van der Waals surface area contributed by atoms with Gasteiger partial charge in [-0.15, -0.1) is 0 Å². The number of anilines is 2. The molecule has 1 aromatic carbocycles. The highest BCUT2D eigenvalue weighted by Gasteiger charge is 2.12. The molecule has 0 aliphatic carbocycles. The number of rotatable bonds is 3. The highest BCUT2D eigenvalue weighted by molar-refractivity contribution is 5.77. The Kier molecular flexibility index (Phi) is 3.23. The molecule has 0 aliphatic heterocycles. The van der Waals surface area contributed by atoms with Crippen molar-refractivity contribution < 1.29 is 10.2 Å². The van der Waals surface area contributed by atoms with Gasteiger partial charge in [0.05, 0.1) is 6.61 Å². The first-order valence-corrected chi connectivity index (χ1v) is 6.59. The van der Waals surface area contributed by atoms with Crippen molar-refractivity contribution in [1.29, 1.82) is 0 Å². The largest absolute Gasteiger partial charge is 0.508 e. The molecule has 0 amide bonds. The predicted octanol–water partition coefficient (Wildman–Crippen LogP) is 2.29. The third kappa shape index (κ3) is 2.30. The summed E-state index contributed by atoms with van der Waals surface area (Å²) < 4.78 is 1.68. The lowest BCUT2D eigenvalue weighted by atomic mass is 10.2. The second-order valence-electron chi connectivity index (χ2n) is 4.97. The third-order valence-corrected chi connectivity index (χ3v) is 3.57. The number of aliphatic hydroxyl groups is 1. The first-order chi connectivity index (χ1) is 10.1. The Balaban J connectivity index is 2.07. The summed E-state index contributed by atoms with van der Waals surface area (Å²) in [6.07, 6.45) is 3.23. The lowest BCUT2D eigenvalue weighted by Crippen LogP contribution is -2.00. The number of hydrogen-bond acceptors (Lipinski definition) is 5. The van der Waals surface area contributed by atoms with Crippen LogP contribution in [0.2, 0.25) is 0 Å². The summed E-state index contributed by atoms with van der Waals surface area (Å²) in [5.74, 6) is 0.860. The highest BCUT2D eigenvalue weighted by Crippen LogP contribution is 2.27. The molecule has 0 spiro atoms. The number of nitrogens with zero attached hydrogens (tertiary/aromatic N) is 3. The van der Waals surface area contributed by atoms with E-state index in [4.69, 9.17) is 0 Å². The van der Waals surface area contributed by atoms with Crippen molar-refractivity contribution >= 4 is 17.0 Å². The maximum Gasteiger partial charge on any atom is 0.158 e. The number of aryl methyl sites for hydroxylation is 2. The van der Waals surface area contributed by atoms with Crippen molar-refractivity contribution in [3.05, 3.63) is 47.4 Å². The van der Waals surface area contributed by atoms with Gasteiger partial charge in [-0.1, -0.05) is 6.07 Å². The van der Waals surface area contributed by atoms with Gasteiger partial charge in [0.25, 0.3) is 0 Å². The number of aliphatic hydroxyl groups excluding tert-OH is 1. The molecule has 3 N–H and O–H groups in total. The molecule has 3 rings (SSSR count). The van der Waals surface area contributed by atoms with E-state index >= 15 is 0 Å². The van der Waals surface area contributed by atoms with E-state index in [1.54, 1.807) is 16.8 Å². The van der Waals surface area contributed by atoms with Crippen molar-refractivity contribution in [2.24, 2.45) is 0 Å². The van der Waals surface area contributed by atoms with E-state index in [1.807, 2.05) is 26.0 Å². The van der Waals surface area contributed by atoms with Crippen molar-refractivity contribution in [3.63, 3.8) is 0 Å². The zero-order chi connectivity index (χ0) is 15.0. The highest BCUT2D eigenvalue weighted by atomic mass is 16.3. The van der Waals surface area contributed by atoms with Gasteiger partial charge < -0.3 is 15.5 Å². The van der Waals surface area contributed by atoms with Crippen LogP contribution in [-0.4, -0.2) is 24.8 Å². The lowest BCUT2D eigenvalue weighted by Gasteiger charge is -2.09. The van der Waals surface area contributed by atoms with Crippen LogP contribution < -0.4 is 5.32 Å². The zero-order valence-corrected chi connectivity index (χ0v) is 11.8. The average Bonchev–Trinajstić information content (AvgIpc) is 2.80. The second kappa shape index (κ2) is 5.06. The Morgan fingerprint density at radius 3 is 2.81 bits per heavy atom. The van der Waals surface area contributed by atoms with Crippen LogP contribution in [0.15, 0.2) is 30.7 Å². The van der Waals surface area contributed by atoms with E-state index in [0.29, 0.717) is 5.82 Å². The van der Waals surface area contributed by atoms with E-state index in [1.165, 1.54) is 6.33 Å². The summed E-state index contributed by atoms with van der Waals surface area (Å²) in [7, 11) is 0. The van der Waals surface area contributed by atoms with E-state index in [0.717, 1.165) is 27.9 Å². The van der Waals surface area contributed by atoms with Crippen LogP contribution in [-0.2, 0) is 6.61 Å². The Labute approximate surface area is 121 Å². The summed E-state index contributed by atoms with van der Waals surface area (Å²) in [6, 6.07) is 5.36. The molecule has 0 atom stereocenters. The van der Waals surface area contributed by atoms with Crippen molar-refractivity contribution in [2.45, 2.75) is 20.5 Å². The van der Waals surface area contributed by atoms with Gasteiger partial charge in [-0.25, -0.2) is 9.50 Å². The maximum atomic E-state index is 9.78. The van der Waals surface area contributed by atoms with Crippen LogP contribution in [0.3, 0.4) is 0 Å². The summed E-state index contributed by atoms with van der Waals surface area (Å²) >= 11 is 0. The van der Waals surface area contributed by atoms with Crippen LogP contribution in [0.25, 0.3) is 5.52 Å². The van der Waals surface area contributed by atoms with Gasteiger partial charge in [0.15, 0.2) is 5.82 Å². The number of aromatic hydroxyl groups is 1.